The van der Waals surface area contributed by atoms with Crippen LogP contribution in [0.5, 0.6) is 5.75 Å². The Morgan fingerprint density at radius 2 is 1.39 bits per heavy atom. The molecule has 8 nitrogen and oxygen atoms in total. The van der Waals surface area contributed by atoms with Crippen LogP contribution >= 0.6 is 15.6 Å². The predicted molar refractivity (Wildman–Crippen MR) is 120 cm³/mol. The lowest BCUT2D eigenvalue weighted by atomic mass is 9.95. The van der Waals surface area contributed by atoms with Crippen LogP contribution in [0.3, 0.4) is 0 Å². The quantitative estimate of drug-likeness (QED) is 0.397. The summed E-state index contributed by atoms with van der Waals surface area (Å²) in [5, 5.41) is 0. The second-order valence-corrected chi connectivity index (χ2v) is 10.3. The molecule has 0 unspecified atom stereocenters. The Hall–Kier alpha value is -1.50. The first-order valence-electron chi connectivity index (χ1n) is 9.74. The van der Waals surface area contributed by atoms with Gasteiger partial charge in [-0.2, -0.15) is 0 Å². The number of benzene rings is 2. The molecule has 0 heterocycles. The lowest BCUT2D eigenvalue weighted by Crippen LogP contribution is -2.00. The Kier molecular flexibility index (Phi) is 10.1. The molecular weight excluding hydrogens is 442 g/mol. The van der Waals surface area contributed by atoms with E-state index in [-0.39, 0.29) is 18.3 Å². The summed E-state index contributed by atoms with van der Waals surface area (Å²) in [5.74, 6) is 0.879. The van der Waals surface area contributed by atoms with E-state index in [1.165, 1.54) is 5.56 Å². The average Bonchev–Trinajstić information content (AvgIpc) is 2.57. The molecule has 0 aliphatic carbocycles. The molecule has 0 saturated carbocycles. The maximum Gasteiger partial charge on any atom is 0.524 e. The molecule has 2 aromatic rings. The fourth-order valence-electron chi connectivity index (χ4n) is 3.04. The molecule has 174 valence electrons. The van der Waals surface area contributed by atoms with Crippen molar-refractivity contribution in [2.75, 3.05) is 0 Å². The van der Waals surface area contributed by atoms with Crippen LogP contribution in [-0.4, -0.2) is 19.6 Å². The van der Waals surface area contributed by atoms with Crippen LogP contribution in [0, 0.1) is 13.8 Å². The molecule has 0 spiro atoms. The van der Waals surface area contributed by atoms with E-state index in [1.54, 1.807) is 6.07 Å². The van der Waals surface area contributed by atoms with Crippen LogP contribution in [0.4, 0.5) is 0 Å². The second-order valence-electron chi connectivity index (χ2n) is 7.89. The minimum atomic E-state index is -4.49. The molecule has 0 bridgehead atoms. The van der Waals surface area contributed by atoms with E-state index in [4.69, 9.17) is 24.1 Å². The second kappa shape index (κ2) is 11.4. The van der Waals surface area contributed by atoms with Gasteiger partial charge in [0.1, 0.15) is 5.75 Å². The van der Waals surface area contributed by atoms with E-state index in [2.05, 4.69) is 18.4 Å². The van der Waals surface area contributed by atoms with E-state index < -0.39 is 15.6 Å². The number of hydrogen-bond acceptors (Lipinski definition) is 4. The van der Waals surface area contributed by atoms with Crippen LogP contribution in [0.1, 0.15) is 67.3 Å². The van der Waals surface area contributed by atoms with Crippen LogP contribution in [0.25, 0.3) is 0 Å². The summed E-state index contributed by atoms with van der Waals surface area (Å²) in [6.45, 7) is 11.8. The van der Waals surface area contributed by atoms with E-state index in [0.717, 1.165) is 22.3 Å². The number of aryl methyl sites for hydroxylation is 2. The zero-order valence-corrected chi connectivity index (χ0v) is 20.4. The van der Waals surface area contributed by atoms with Crippen molar-refractivity contribution in [1.29, 1.82) is 0 Å². The summed E-state index contributed by atoms with van der Waals surface area (Å²) < 4.78 is 30.4. The molecule has 0 aromatic heterocycles. The van der Waals surface area contributed by atoms with Gasteiger partial charge in [0, 0.05) is 5.56 Å². The first-order valence-corrected chi connectivity index (χ1v) is 12.8. The Morgan fingerprint density at radius 3 is 1.81 bits per heavy atom. The van der Waals surface area contributed by atoms with Gasteiger partial charge >= 0.3 is 15.6 Å². The molecule has 0 amide bonds. The van der Waals surface area contributed by atoms with Crippen molar-refractivity contribution in [2.45, 2.75) is 60.0 Å². The van der Waals surface area contributed by atoms with Gasteiger partial charge in [0.05, 0.1) is 6.61 Å². The largest absolute Gasteiger partial charge is 0.524 e. The molecule has 0 aliphatic heterocycles. The highest BCUT2D eigenvalue weighted by Gasteiger charge is 2.21. The SMILES string of the molecule is CC(C)c1ccc(COP(=O)(O)O)cc1.Cc1cc(C)c(C(C)C)c(OP(=O)(O)O)c1. The topological polar surface area (TPSA) is 134 Å². The molecule has 10 heteroatoms. The zero-order valence-electron chi connectivity index (χ0n) is 18.6. The number of phosphoric acid groups is 2. The van der Waals surface area contributed by atoms with Gasteiger partial charge in [0.15, 0.2) is 0 Å². The zero-order chi connectivity index (χ0) is 24.0. The van der Waals surface area contributed by atoms with Crippen molar-refractivity contribution in [1.82, 2.24) is 0 Å². The van der Waals surface area contributed by atoms with Gasteiger partial charge < -0.3 is 14.3 Å². The van der Waals surface area contributed by atoms with Gasteiger partial charge in [-0.15, -0.1) is 0 Å². The maximum absolute atomic E-state index is 10.9. The van der Waals surface area contributed by atoms with Crippen LogP contribution in [0.2, 0.25) is 0 Å². The highest BCUT2D eigenvalue weighted by Crippen LogP contribution is 2.42. The third-order valence-electron chi connectivity index (χ3n) is 4.33. The highest BCUT2D eigenvalue weighted by molar-refractivity contribution is 7.46. The van der Waals surface area contributed by atoms with Crippen LogP contribution < -0.4 is 4.52 Å². The van der Waals surface area contributed by atoms with Gasteiger partial charge in [0.2, 0.25) is 0 Å². The monoisotopic (exact) mass is 474 g/mol. The molecule has 4 N–H and O–H groups in total. The lowest BCUT2D eigenvalue weighted by molar-refractivity contribution is 0.189. The molecule has 0 radical (unpaired) electrons. The van der Waals surface area contributed by atoms with Crippen LogP contribution in [-0.2, 0) is 20.3 Å². The third-order valence-corrected chi connectivity index (χ3v) is 5.23. The summed E-state index contributed by atoms with van der Waals surface area (Å²) in [6, 6.07) is 11.1. The fourth-order valence-corrected chi connectivity index (χ4v) is 3.77. The molecular formula is C21H32O8P2. The number of rotatable bonds is 7. The Labute approximate surface area is 183 Å². The number of phosphoric ester groups is 2. The van der Waals surface area contributed by atoms with E-state index >= 15 is 0 Å². The molecule has 2 aromatic carbocycles. The summed E-state index contributed by atoms with van der Waals surface area (Å²) in [4.78, 5) is 34.7. The van der Waals surface area contributed by atoms with Crippen molar-refractivity contribution < 1.29 is 37.8 Å². The minimum absolute atomic E-state index is 0.0668. The Bertz CT molecular complexity index is 943. The summed E-state index contributed by atoms with van der Waals surface area (Å²) >= 11 is 0. The fraction of sp³-hybridized carbons (Fsp3) is 0.429. The van der Waals surface area contributed by atoms with E-state index in [0.29, 0.717) is 5.92 Å². The first kappa shape index (κ1) is 27.5. The summed E-state index contributed by atoms with van der Waals surface area (Å²) in [7, 11) is -8.86. The standard InChI is InChI=1S/C11H17O4P.C10H15O4P/c1-7(2)11-9(4)5-8(3)6-10(11)15-16(12,13)14;1-8(2)10-5-3-9(4-6-10)7-14-15(11,12)13/h5-7H,1-4H3,(H2,12,13,14);3-6,8H,7H2,1-2H3,(H2,11,12,13). The maximum atomic E-state index is 10.9. The lowest BCUT2D eigenvalue weighted by Gasteiger charge is -2.17. The van der Waals surface area contributed by atoms with Gasteiger partial charge in [-0.1, -0.05) is 58.0 Å². The van der Waals surface area contributed by atoms with Gasteiger partial charge in [-0.3, -0.25) is 14.3 Å². The molecule has 0 fully saturated rings. The molecule has 2 rings (SSSR count). The van der Waals surface area contributed by atoms with Crippen molar-refractivity contribution >= 4 is 15.6 Å². The van der Waals surface area contributed by atoms with Crippen molar-refractivity contribution in [3.63, 3.8) is 0 Å². The summed E-state index contributed by atoms with van der Waals surface area (Å²) in [5.41, 5.74) is 4.69. The highest BCUT2D eigenvalue weighted by atomic mass is 31.2. The molecule has 0 atom stereocenters. The van der Waals surface area contributed by atoms with Gasteiger partial charge in [0.25, 0.3) is 0 Å². The Morgan fingerprint density at radius 1 is 0.839 bits per heavy atom. The summed E-state index contributed by atoms with van der Waals surface area (Å²) in [6.07, 6.45) is 0. The van der Waals surface area contributed by atoms with Crippen molar-refractivity contribution in [2.24, 2.45) is 0 Å². The average molecular weight is 474 g/mol. The van der Waals surface area contributed by atoms with Crippen molar-refractivity contribution in [3.8, 4) is 5.75 Å². The minimum Gasteiger partial charge on any atom is -0.404 e. The normalized spacial score (nSPS) is 12.0. The van der Waals surface area contributed by atoms with Gasteiger partial charge in [-0.05, 0) is 54.0 Å². The molecule has 31 heavy (non-hydrogen) atoms. The van der Waals surface area contributed by atoms with Gasteiger partial charge in [-0.25, -0.2) is 9.13 Å². The third kappa shape index (κ3) is 10.6. The first-order chi connectivity index (χ1) is 14.1. The predicted octanol–water partition coefficient (Wildman–Crippen LogP) is 5.32. The molecule has 0 saturated heterocycles. The number of hydrogen-bond donors (Lipinski definition) is 4. The van der Waals surface area contributed by atoms with Crippen LogP contribution in [0.15, 0.2) is 36.4 Å². The van der Waals surface area contributed by atoms with Crippen molar-refractivity contribution in [3.05, 3.63) is 64.2 Å². The smallest absolute Gasteiger partial charge is 0.404 e. The van der Waals surface area contributed by atoms with E-state index in [1.807, 2.05) is 58.0 Å². The Balaban J connectivity index is 0.000000311. The van der Waals surface area contributed by atoms with E-state index in [9.17, 15) is 9.13 Å². The molecule has 0 aliphatic rings.